The smallest absolute Gasteiger partial charge is 0.262 e. The maximum absolute atomic E-state index is 13.6. The maximum atomic E-state index is 13.6. The summed E-state index contributed by atoms with van der Waals surface area (Å²) in [6.07, 6.45) is -2.53. The van der Waals surface area contributed by atoms with E-state index in [0.717, 1.165) is 12.3 Å². The van der Waals surface area contributed by atoms with E-state index in [1.54, 1.807) is 0 Å². The molecule has 0 aliphatic rings. The van der Waals surface area contributed by atoms with Crippen LogP contribution < -0.4 is 0 Å². The SMILES string of the molecule is Fc1cnccc1-c1ccc(C(F)(F)F)cc1F. The van der Waals surface area contributed by atoms with Gasteiger partial charge >= 0.3 is 6.18 Å². The van der Waals surface area contributed by atoms with Gasteiger partial charge in [0, 0.05) is 17.3 Å². The van der Waals surface area contributed by atoms with Crippen LogP contribution in [0.15, 0.2) is 36.7 Å². The zero-order valence-electron chi connectivity index (χ0n) is 8.80. The van der Waals surface area contributed by atoms with Crippen molar-refractivity contribution in [2.75, 3.05) is 0 Å². The number of pyridine rings is 1. The number of aromatic nitrogens is 1. The lowest BCUT2D eigenvalue weighted by atomic mass is 10.0. The number of hydrogen-bond acceptors (Lipinski definition) is 1. The molecule has 0 saturated heterocycles. The molecule has 18 heavy (non-hydrogen) atoms. The molecule has 1 nitrogen and oxygen atoms in total. The zero-order chi connectivity index (χ0) is 13.3. The molecule has 1 aromatic carbocycles. The van der Waals surface area contributed by atoms with Crippen LogP contribution in [0.3, 0.4) is 0 Å². The lowest BCUT2D eigenvalue weighted by molar-refractivity contribution is -0.137. The summed E-state index contributed by atoms with van der Waals surface area (Å²) in [6, 6.07) is 3.14. The van der Waals surface area contributed by atoms with Crippen molar-refractivity contribution in [2.24, 2.45) is 0 Å². The molecule has 0 fully saturated rings. The van der Waals surface area contributed by atoms with E-state index < -0.39 is 23.4 Å². The van der Waals surface area contributed by atoms with Crippen molar-refractivity contribution in [1.29, 1.82) is 0 Å². The minimum absolute atomic E-state index is 0.128. The van der Waals surface area contributed by atoms with Crippen molar-refractivity contribution < 1.29 is 22.0 Å². The first-order valence-corrected chi connectivity index (χ1v) is 4.86. The second-order valence-electron chi connectivity index (χ2n) is 3.55. The van der Waals surface area contributed by atoms with Crippen LogP contribution in [0.1, 0.15) is 5.56 Å². The monoisotopic (exact) mass is 259 g/mol. The summed E-state index contributed by atoms with van der Waals surface area (Å²) in [5.74, 6) is -1.92. The van der Waals surface area contributed by atoms with Crippen molar-refractivity contribution in [3.63, 3.8) is 0 Å². The highest BCUT2D eigenvalue weighted by atomic mass is 19.4. The van der Waals surface area contributed by atoms with Gasteiger partial charge in [0.25, 0.3) is 0 Å². The average molecular weight is 259 g/mol. The van der Waals surface area contributed by atoms with E-state index in [2.05, 4.69) is 4.98 Å². The van der Waals surface area contributed by atoms with E-state index in [1.807, 2.05) is 0 Å². The molecule has 0 amide bonds. The van der Waals surface area contributed by atoms with Crippen molar-refractivity contribution >= 4 is 0 Å². The number of alkyl halides is 3. The van der Waals surface area contributed by atoms with Crippen molar-refractivity contribution in [3.8, 4) is 11.1 Å². The predicted molar refractivity (Wildman–Crippen MR) is 54.6 cm³/mol. The molecule has 0 radical (unpaired) electrons. The third-order valence-electron chi connectivity index (χ3n) is 2.36. The largest absolute Gasteiger partial charge is 0.416 e. The van der Waals surface area contributed by atoms with Crippen LogP contribution in [0.5, 0.6) is 0 Å². The van der Waals surface area contributed by atoms with Gasteiger partial charge < -0.3 is 0 Å². The van der Waals surface area contributed by atoms with Gasteiger partial charge in [0.15, 0.2) is 0 Å². The Hall–Kier alpha value is -1.98. The van der Waals surface area contributed by atoms with Gasteiger partial charge in [-0.15, -0.1) is 0 Å². The predicted octanol–water partition coefficient (Wildman–Crippen LogP) is 4.05. The highest BCUT2D eigenvalue weighted by Crippen LogP contribution is 2.33. The summed E-state index contributed by atoms with van der Waals surface area (Å²) in [6.45, 7) is 0. The van der Waals surface area contributed by atoms with E-state index >= 15 is 0 Å². The lowest BCUT2D eigenvalue weighted by Crippen LogP contribution is -2.05. The summed E-state index contributed by atoms with van der Waals surface area (Å²) in [5.41, 5.74) is -1.47. The van der Waals surface area contributed by atoms with Crippen molar-refractivity contribution in [1.82, 2.24) is 4.98 Å². The van der Waals surface area contributed by atoms with Crippen molar-refractivity contribution in [2.45, 2.75) is 6.18 Å². The number of hydrogen-bond donors (Lipinski definition) is 0. The molecule has 2 rings (SSSR count). The molecule has 2 aromatic rings. The second-order valence-corrected chi connectivity index (χ2v) is 3.55. The normalized spacial score (nSPS) is 11.6. The highest BCUT2D eigenvalue weighted by molar-refractivity contribution is 5.64. The van der Waals surface area contributed by atoms with Crippen molar-refractivity contribution in [3.05, 3.63) is 53.9 Å². The third-order valence-corrected chi connectivity index (χ3v) is 2.36. The third kappa shape index (κ3) is 2.32. The molecule has 1 heterocycles. The van der Waals surface area contributed by atoms with Gasteiger partial charge in [-0.25, -0.2) is 8.78 Å². The first kappa shape index (κ1) is 12.5. The van der Waals surface area contributed by atoms with Crippen LogP contribution in [0.25, 0.3) is 11.1 Å². The molecular formula is C12H6F5N. The fraction of sp³-hybridized carbons (Fsp3) is 0.0833. The Morgan fingerprint density at radius 2 is 1.56 bits per heavy atom. The molecule has 94 valence electrons. The fourth-order valence-corrected chi connectivity index (χ4v) is 1.50. The molecule has 0 N–H and O–H groups in total. The second kappa shape index (κ2) is 4.36. The number of rotatable bonds is 1. The maximum Gasteiger partial charge on any atom is 0.416 e. The molecule has 0 aliphatic carbocycles. The molecule has 0 spiro atoms. The molecule has 0 saturated carbocycles. The van der Waals surface area contributed by atoms with Crippen LogP contribution in [0, 0.1) is 11.6 Å². The Kier molecular flexibility index (Phi) is 3.02. The number of nitrogens with zero attached hydrogens (tertiary/aromatic N) is 1. The van der Waals surface area contributed by atoms with E-state index in [1.165, 1.54) is 12.3 Å². The molecular weight excluding hydrogens is 253 g/mol. The first-order chi connectivity index (χ1) is 8.39. The molecule has 6 heteroatoms. The van der Waals surface area contributed by atoms with Crippen LogP contribution in [-0.2, 0) is 6.18 Å². The number of halogens is 5. The highest BCUT2D eigenvalue weighted by Gasteiger charge is 2.31. The van der Waals surface area contributed by atoms with Gasteiger partial charge in [0.05, 0.1) is 11.8 Å². The van der Waals surface area contributed by atoms with Crippen LogP contribution >= 0.6 is 0 Å². The zero-order valence-corrected chi connectivity index (χ0v) is 8.80. The summed E-state index contributed by atoms with van der Waals surface area (Å²) in [7, 11) is 0. The van der Waals surface area contributed by atoms with Gasteiger partial charge in [0.1, 0.15) is 11.6 Å². The summed E-state index contributed by atoms with van der Waals surface area (Å²) < 4.78 is 63.9. The molecule has 0 atom stereocenters. The van der Waals surface area contributed by atoms with Gasteiger partial charge in [0.2, 0.25) is 0 Å². The standard InChI is InChI=1S/C12H6F5N/c13-10-5-7(12(15,16)17)1-2-8(10)9-3-4-18-6-11(9)14/h1-6H. The molecule has 0 bridgehead atoms. The van der Waals surface area contributed by atoms with E-state index in [0.29, 0.717) is 12.1 Å². The lowest BCUT2D eigenvalue weighted by Gasteiger charge is -2.09. The molecule has 0 aliphatic heterocycles. The van der Waals surface area contributed by atoms with Gasteiger partial charge in [-0.05, 0) is 18.2 Å². The summed E-state index contributed by atoms with van der Waals surface area (Å²) in [4.78, 5) is 3.48. The van der Waals surface area contributed by atoms with E-state index in [4.69, 9.17) is 0 Å². The minimum atomic E-state index is -4.63. The number of benzene rings is 1. The summed E-state index contributed by atoms with van der Waals surface area (Å²) in [5, 5.41) is 0. The Morgan fingerprint density at radius 3 is 2.11 bits per heavy atom. The van der Waals surface area contributed by atoms with Gasteiger partial charge in [-0.3, -0.25) is 4.98 Å². The fourth-order valence-electron chi connectivity index (χ4n) is 1.50. The first-order valence-electron chi connectivity index (χ1n) is 4.86. The molecule has 1 aromatic heterocycles. The van der Waals surface area contributed by atoms with Crippen LogP contribution in [0.2, 0.25) is 0 Å². The quantitative estimate of drug-likeness (QED) is 0.704. The van der Waals surface area contributed by atoms with Gasteiger partial charge in [-0.1, -0.05) is 6.07 Å². The molecule has 0 unspecified atom stereocenters. The van der Waals surface area contributed by atoms with E-state index in [-0.39, 0.29) is 11.1 Å². The Morgan fingerprint density at radius 1 is 0.889 bits per heavy atom. The summed E-state index contributed by atoms with van der Waals surface area (Å²) >= 11 is 0. The van der Waals surface area contributed by atoms with E-state index in [9.17, 15) is 22.0 Å². The average Bonchev–Trinajstić information content (AvgIpc) is 2.29. The van der Waals surface area contributed by atoms with Crippen LogP contribution in [-0.4, -0.2) is 4.98 Å². The Balaban J connectivity index is 2.52. The minimum Gasteiger partial charge on any atom is -0.262 e. The topological polar surface area (TPSA) is 12.9 Å². The Labute approximate surface area is 98.9 Å². The van der Waals surface area contributed by atoms with Crippen LogP contribution in [0.4, 0.5) is 22.0 Å². The Bertz CT molecular complexity index is 577. The van der Waals surface area contributed by atoms with Gasteiger partial charge in [-0.2, -0.15) is 13.2 Å².